The van der Waals surface area contributed by atoms with Crippen molar-refractivity contribution in [3.63, 3.8) is 0 Å². The van der Waals surface area contributed by atoms with E-state index in [1.165, 1.54) is 4.68 Å². The molecule has 0 aliphatic carbocycles. The van der Waals surface area contributed by atoms with Gasteiger partial charge in [-0.05, 0) is 13.3 Å². The highest BCUT2D eigenvalue weighted by atomic mass is 16.6. The van der Waals surface area contributed by atoms with Crippen molar-refractivity contribution in [3.05, 3.63) is 15.8 Å². The van der Waals surface area contributed by atoms with Gasteiger partial charge in [0, 0.05) is 13.1 Å². The van der Waals surface area contributed by atoms with Gasteiger partial charge in [-0.15, -0.1) is 0 Å². The molecule has 7 nitrogen and oxygen atoms in total. The summed E-state index contributed by atoms with van der Waals surface area (Å²) in [6.07, 6.45) is 0.831. The van der Waals surface area contributed by atoms with Crippen LogP contribution in [0.1, 0.15) is 19.0 Å². The van der Waals surface area contributed by atoms with Crippen LogP contribution in [0, 0.1) is 17.0 Å². The molecule has 1 rings (SSSR count). The molecule has 0 unspecified atom stereocenters. The molecule has 0 bridgehead atoms. The number of rotatable bonds is 6. The molecule has 1 heterocycles. The fraction of sp³-hybridized carbons (Fsp3) is 0.667. The van der Waals surface area contributed by atoms with Gasteiger partial charge in [-0.25, -0.2) is 4.68 Å². The molecule has 1 aromatic heterocycles. The Kier molecular flexibility index (Phi) is 4.24. The first-order valence-corrected chi connectivity index (χ1v) is 5.16. The summed E-state index contributed by atoms with van der Waals surface area (Å²) in [5.74, 6) is 0.204. The van der Waals surface area contributed by atoms with Crippen LogP contribution in [0.4, 0.5) is 5.69 Å². The third-order valence-electron chi connectivity index (χ3n) is 2.03. The minimum Gasteiger partial charge on any atom is -0.472 e. The van der Waals surface area contributed by atoms with Gasteiger partial charge in [-0.2, -0.15) is 5.10 Å². The zero-order chi connectivity index (χ0) is 12.1. The number of hydrogen-bond acceptors (Lipinski definition) is 5. The van der Waals surface area contributed by atoms with Crippen LogP contribution in [0.3, 0.4) is 0 Å². The van der Waals surface area contributed by atoms with Crippen molar-refractivity contribution in [3.8, 4) is 5.88 Å². The quantitative estimate of drug-likeness (QED) is 0.575. The van der Waals surface area contributed by atoms with Crippen LogP contribution < -0.4 is 10.5 Å². The van der Waals surface area contributed by atoms with Crippen molar-refractivity contribution >= 4 is 5.69 Å². The Balaban J connectivity index is 3.09. The molecule has 0 spiro atoms. The Morgan fingerprint density at radius 3 is 2.81 bits per heavy atom. The monoisotopic (exact) mass is 228 g/mol. The van der Waals surface area contributed by atoms with Crippen LogP contribution >= 0.6 is 0 Å². The zero-order valence-electron chi connectivity index (χ0n) is 9.47. The van der Waals surface area contributed by atoms with E-state index in [4.69, 9.17) is 10.5 Å². The van der Waals surface area contributed by atoms with Crippen LogP contribution in [-0.4, -0.2) is 27.9 Å². The maximum Gasteiger partial charge on any atom is 0.353 e. The summed E-state index contributed by atoms with van der Waals surface area (Å²) in [5.41, 5.74) is 5.61. The van der Waals surface area contributed by atoms with Crippen LogP contribution in [0.2, 0.25) is 0 Å². The van der Waals surface area contributed by atoms with Crippen molar-refractivity contribution in [1.29, 1.82) is 0 Å². The van der Waals surface area contributed by atoms with Gasteiger partial charge in [0.25, 0.3) is 5.88 Å². The summed E-state index contributed by atoms with van der Waals surface area (Å²) in [6.45, 7) is 4.72. The second-order valence-corrected chi connectivity index (χ2v) is 3.36. The molecule has 0 radical (unpaired) electrons. The van der Waals surface area contributed by atoms with E-state index in [2.05, 4.69) is 5.10 Å². The molecule has 0 aromatic carbocycles. The SMILES string of the molecule is CCCn1nc(C)c([N+](=O)[O-])c1OCCN. The fourth-order valence-electron chi connectivity index (χ4n) is 1.42. The van der Waals surface area contributed by atoms with Gasteiger partial charge in [-0.3, -0.25) is 10.1 Å². The molecule has 16 heavy (non-hydrogen) atoms. The van der Waals surface area contributed by atoms with Crippen LogP contribution in [0.5, 0.6) is 5.88 Å². The van der Waals surface area contributed by atoms with Gasteiger partial charge in [0.15, 0.2) is 0 Å². The van der Waals surface area contributed by atoms with Crippen molar-refractivity contribution in [1.82, 2.24) is 9.78 Å². The molecule has 0 saturated heterocycles. The Hall–Kier alpha value is -1.63. The second-order valence-electron chi connectivity index (χ2n) is 3.36. The maximum absolute atomic E-state index is 10.9. The lowest BCUT2D eigenvalue weighted by molar-refractivity contribution is -0.386. The Bertz CT molecular complexity index is 375. The summed E-state index contributed by atoms with van der Waals surface area (Å²) >= 11 is 0. The van der Waals surface area contributed by atoms with Gasteiger partial charge in [-0.1, -0.05) is 6.92 Å². The number of aromatic nitrogens is 2. The number of nitrogens with two attached hydrogens (primary N) is 1. The third-order valence-corrected chi connectivity index (χ3v) is 2.03. The lowest BCUT2D eigenvalue weighted by Gasteiger charge is -2.06. The zero-order valence-corrected chi connectivity index (χ0v) is 9.47. The summed E-state index contributed by atoms with van der Waals surface area (Å²) in [6, 6.07) is 0. The normalized spacial score (nSPS) is 10.4. The molecular weight excluding hydrogens is 212 g/mol. The fourth-order valence-corrected chi connectivity index (χ4v) is 1.42. The highest BCUT2D eigenvalue weighted by molar-refractivity contribution is 5.45. The average molecular weight is 228 g/mol. The Morgan fingerprint density at radius 2 is 2.31 bits per heavy atom. The molecular formula is C9H16N4O3. The predicted octanol–water partition coefficient (Wildman–Crippen LogP) is 0.847. The van der Waals surface area contributed by atoms with Crippen molar-refractivity contribution in [2.75, 3.05) is 13.2 Å². The summed E-state index contributed by atoms with van der Waals surface area (Å²) in [5, 5.41) is 14.9. The van der Waals surface area contributed by atoms with Crippen LogP contribution in [0.15, 0.2) is 0 Å². The summed E-state index contributed by atoms with van der Waals surface area (Å²) in [4.78, 5) is 10.4. The molecule has 0 aliphatic heterocycles. The van der Waals surface area contributed by atoms with Crippen LogP contribution in [-0.2, 0) is 6.54 Å². The first kappa shape index (κ1) is 12.4. The molecule has 0 atom stereocenters. The van der Waals surface area contributed by atoms with E-state index in [0.717, 1.165) is 6.42 Å². The second kappa shape index (κ2) is 5.45. The van der Waals surface area contributed by atoms with Crippen molar-refractivity contribution in [2.45, 2.75) is 26.8 Å². The molecule has 0 amide bonds. The lowest BCUT2D eigenvalue weighted by atomic mass is 10.4. The standard InChI is InChI=1S/C9H16N4O3/c1-3-5-12-9(16-6-4-10)8(13(14)15)7(2)11-12/h3-6,10H2,1-2H3. The Morgan fingerprint density at radius 1 is 1.62 bits per heavy atom. The van der Waals surface area contributed by atoms with Gasteiger partial charge in [0.05, 0.1) is 4.92 Å². The van der Waals surface area contributed by atoms with Gasteiger partial charge in [0.2, 0.25) is 0 Å². The minimum atomic E-state index is -0.472. The summed E-state index contributed by atoms with van der Waals surface area (Å²) in [7, 11) is 0. The number of ether oxygens (including phenoxy) is 1. The van der Waals surface area contributed by atoms with Crippen molar-refractivity contribution in [2.24, 2.45) is 5.73 Å². The van der Waals surface area contributed by atoms with Gasteiger partial charge < -0.3 is 10.5 Å². The van der Waals surface area contributed by atoms with E-state index in [0.29, 0.717) is 18.8 Å². The van der Waals surface area contributed by atoms with E-state index >= 15 is 0 Å². The number of nitro groups is 1. The maximum atomic E-state index is 10.9. The first-order valence-electron chi connectivity index (χ1n) is 5.16. The van der Waals surface area contributed by atoms with E-state index in [1.807, 2.05) is 6.92 Å². The van der Waals surface area contributed by atoms with Gasteiger partial charge in [0.1, 0.15) is 12.3 Å². The largest absolute Gasteiger partial charge is 0.472 e. The Labute approximate surface area is 93.3 Å². The summed E-state index contributed by atoms with van der Waals surface area (Å²) < 4.78 is 6.80. The molecule has 1 aromatic rings. The number of nitrogens with zero attached hydrogens (tertiary/aromatic N) is 3. The molecule has 2 N–H and O–H groups in total. The van der Waals surface area contributed by atoms with E-state index in [1.54, 1.807) is 6.92 Å². The highest BCUT2D eigenvalue weighted by Gasteiger charge is 2.26. The molecule has 0 aliphatic rings. The lowest BCUT2D eigenvalue weighted by Crippen LogP contribution is -2.14. The van der Waals surface area contributed by atoms with E-state index in [9.17, 15) is 10.1 Å². The number of aryl methyl sites for hydroxylation is 2. The smallest absolute Gasteiger partial charge is 0.353 e. The highest BCUT2D eigenvalue weighted by Crippen LogP contribution is 2.30. The van der Waals surface area contributed by atoms with E-state index in [-0.39, 0.29) is 18.2 Å². The van der Waals surface area contributed by atoms with Crippen LogP contribution in [0.25, 0.3) is 0 Å². The average Bonchev–Trinajstić information content (AvgIpc) is 2.52. The molecule has 0 saturated carbocycles. The van der Waals surface area contributed by atoms with Gasteiger partial charge >= 0.3 is 5.69 Å². The molecule has 90 valence electrons. The minimum absolute atomic E-state index is 0.0677. The number of hydrogen-bond donors (Lipinski definition) is 1. The first-order chi connectivity index (χ1) is 7.61. The predicted molar refractivity (Wildman–Crippen MR) is 58.5 cm³/mol. The topological polar surface area (TPSA) is 96.2 Å². The van der Waals surface area contributed by atoms with Crippen molar-refractivity contribution < 1.29 is 9.66 Å². The molecule has 0 fully saturated rings. The third kappa shape index (κ3) is 2.48. The molecule has 7 heteroatoms. The van der Waals surface area contributed by atoms with E-state index < -0.39 is 4.92 Å².